The van der Waals surface area contributed by atoms with Gasteiger partial charge in [0.1, 0.15) is 5.82 Å². The van der Waals surface area contributed by atoms with Crippen LogP contribution in [0.15, 0.2) is 42.7 Å². The predicted octanol–water partition coefficient (Wildman–Crippen LogP) is 3.48. The third-order valence-electron chi connectivity index (χ3n) is 3.22. The lowest BCUT2D eigenvalue weighted by atomic mass is 10.00. The molecule has 19 heavy (non-hydrogen) atoms. The molecule has 1 unspecified atom stereocenters. The molecule has 0 spiro atoms. The summed E-state index contributed by atoms with van der Waals surface area (Å²) in [7, 11) is 0. The third-order valence-corrected chi connectivity index (χ3v) is 3.22. The normalized spacial score (nSPS) is 12.4. The largest absolute Gasteiger partial charge is 0.310 e. The molecule has 0 saturated heterocycles. The van der Waals surface area contributed by atoms with E-state index in [0.29, 0.717) is 6.42 Å². The molecule has 0 bridgehead atoms. The van der Waals surface area contributed by atoms with Gasteiger partial charge in [0.25, 0.3) is 0 Å². The van der Waals surface area contributed by atoms with Gasteiger partial charge in [-0.05, 0) is 48.4 Å². The summed E-state index contributed by atoms with van der Waals surface area (Å²) in [5.41, 5.74) is 2.92. The maximum Gasteiger partial charge on any atom is 0.126 e. The number of halogens is 1. The van der Waals surface area contributed by atoms with Crippen molar-refractivity contribution in [2.75, 3.05) is 6.54 Å². The van der Waals surface area contributed by atoms with Gasteiger partial charge in [-0.2, -0.15) is 0 Å². The first-order chi connectivity index (χ1) is 9.20. The molecule has 0 radical (unpaired) electrons. The topological polar surface area (TPSA) is 24.9 Å². The summed E-state index contributed by atoms with van der Waals surface area (Å²) in [5.74, 6) is -0.149. The van der Waals surface area contributed by atoms with Crippen molar-refractivity contribution in [2.45, 2.75) is 26.3 Å². The van der Waals surface area contributed by atoms with Crippen molar-refractivity contribution in [3.8, 4) is 0 Å². The number of rotatable bonds is 5. The van der Waals surface area contributed by atoms with Crippen molar-refractivity contribution in [1.29, 1.82) is 0 Å². The highest BCUT2D eigenvalue weighted by atomic mass is 19.1. The van der Waals surface area contributed by atoms with Crippen LogP contribution in [0.3, 0.4) is 0 Å². The summed E-state index contributed by atoms with van der Waals surface area (Å²) in [4.78, 5) is 3.98. The first kappa shape index (κ1) is 13.7. The number of nitrogens with one attached hydrogen (secondary N) is 1. The Morgan fingerprint density at radius 3 is 2.63 bits per heavy atom. The fourth-order valence-electron chi connectivity index (χ4n) is 2.14. The second-order valence-electron chi connectivity index (χ2n) is 4.66. The average molecular weight is 258 g/mol. The van der Waals surface area contributed by atoms with Crippen LogP contribution in [-0.2, 0) is 6.42 Å². The Kier molecular flexibility index (Phi) is 4.63. The van der Waals surface area contributed by atoms with E-state index in [-0.39, 0.29) is 11.9 Å². The highest BCUT2D eigenvalue weighted by Crippen LogP contribution is 2.19. The minimum atomic E-state index is -0.149. The van der Waals surface area contributed by atoms with E-state index in [4.69, 9.17) is 0 Å². The maximum atomic E-state index is 13.9. The summed E-state index contributed by atoms with van der Waals surface area (Å²) < 4.78 is 13.9. The second-order valence-corrected chi connectivity index (χ2v) is 4.66. The zero-order chi connectivity index (χ0) is 13.7. The van der Waals surface area contributed by atoms with E-state index >= 15 is 0 Å². The molecule has 1 atom stereocenters. The van der Waals surface area contributed by atoms with Crippen molar-refractivity contribution < 1.29 is 4.39 Å². The molecular formula is C16H19FN2. The summed E-state index contributed by atoms with van der Waals surface area (Å²) in [5, 5.41) is 3.34. The van der Waals surface area contributed by atoms with Gasteiger partial charge in [0.15, 0.2) is 0 Å². The summed E-state index contributed by atoms with van der Waals surface area (Å²) in [6, 6.07) is 9.42. The zero-order valence-corrected chi connectivity index (χ0v) is 11.4. The van der Waals surface area contributed by atoms with Crippen LogP contribution in [-0.4, -0.2) is 11.5 Å². The third kappa shape index (κ3) is 3.61. The Morgan fingerprint density at radius 2 is 1.95 bits per heavy atom. The van der Waals surface area contributed by atoms with E-state index in [2.05, 4.69) is 24.1 Å². The van der Waals surface area contributed by atoms with Crippen molar-refractivity contribution in [3.05, 3.63) is 65.2 Å². The van der Waals surface area contributed by atoms with E-state index in [1.807, 2.05) is 24.3 Å². The number of benzene rings is 1. The zero-order valence-electron chi connectivity index (χ0n) is 11.4. The lowest BCUT2D eigenvalue weighted by Gasteiger charge is -2.14. The van der Waals surface area contributed by atoms with Gasteiger partial charge in [-0.3, -0.25) is 4.98 Å². The van der Waals surface area contributed by atoms with Gasteiger partial charge in [0.05, 0.1) is 0 Å². The van der Waals surface area contributed by atoms with Gasteiger partial charge in [0.2, 0.25) is 0 Å². The van der Waals surface area contributed by atoms with Crippen molar-refractivity contribution in [1.82, 2.24) is 10.3 Å². The molecule has 0 aliphatic carbocycles. The van der Waals surface area contributed by atoms with Crippen molar-refractivity contribution in [3.63, 3.8) is 0 Å². The van der Waals surface area contributed by atoms with E-state index in [1.165, 1.54) is 0 Å². The SMILES string of the molecule is CCNC(C)c1ccc(F)c(Cc2ccncc2)c1. The minimum Gasteiger partial charge on any atom is -0.310 e. The van der Waals surface area contributed by atoms with E-state index in [0.717, 1.165) is 23.2 Å². The smallest absolute Gasteiger partial charge is 0.126 e. The number of aromatic nitrogens is 1. The van der Waals surface area contributed by atoms with Crippen LogP contribution in [0.25, 0.3) is 0 Å². The molecule has 2 aromatic rings. The summed E-state index contributed by atoms with van der Waals surface area (Å²) in [6.45, 7) is 5.06. The fraction of sp³-hybridized carbons (Fsp3) is 0.312. The molecule has 1 heterocycles. The number of nitrogens with zero attached hydrogens (tertiary/aromatic N) is 1. The van der Waals surface area contributed by atoms with Gasteiger partial charge in [-0.25, -0.2) is 4.39 Å². The molecule has 3 heteroatoms. The van der Waals surface area contributed by atoms with Crippen LogP contribution in [0.1, 0.15) is 36.6 Å². The number of hydrogen-bond donors (Lipinski definition) is 1. The first-order valence-electron chi connectivity index (χ1n) is 6.61. The van der Waals surface area contributed by atoms with E-state index < -0.39 is 0 Å². The van der Waals surface area contributed by atoms with E-state index in [9.17, 15) is 4.39 Å². The Labute approximate surface area is 113 Å². The highest BCUT2D eigenvalue weighted by molar-refractivity contribution is 5.31. The van der Waals surface area contributed by atoms with Gasteiger partial charge in [-0.15, -0.1) is 0 Å². The van der Waals surface area contributed by atoms with E-state index in [1.54, 1.807) is 18.5 Å². The molecule has 0 fully saturated rings. The van der Waals surface area contributed by atoms with Gasteiger partial charge < -0.3 is 5.32 Å². The molecule has 0 saturated carbocycles. The maximum absolute atomic E-state index is 13.9. The van der Waals surface area contributed by atoms with Crippen LogP contribution in [0.5, 0.6) is 0 Å². The van der Waals surface area contributed by atoms with Gasteiger partial charge in [-0.1, -0.05) is 19.1 Å². The molecule has 2 nitrogen and oxygen atoms in total. The molecule has 0 aliphatic rings. The molecule has 2 rings (SSSR count). The number of hydrogen-bond acceptors (Lipinski definition) is 2. The predicted molar refractivity (Wildman–Crippen MR) is 75.5 cm³/mol. The van der Waals surface area contributed by atoms with Crippen LogP contribution in [0, 0.1) is 5.82 Å². The summed E-state index contributed by atoms with van der Waals surface area (Å²) >= 11 is 0. The lowest BCUT2D eigenvalue weighted by Crippen LogP contribution is -2.18. The van der Waals surface area contributed by atoms with Crippen LogP contribution >= 0.6 is 0 Å². The van der Waals surface area contributed by atoms with Crippen LogP contribution in [0.4, 0.5) is 4.39 Å². The Hall–Kier alpha value is -1.74. The fourth-order valence-corrected chi connectivity index (χ4v) is 2.14. The molecule has 1 N–H and O–H groups in total. The van der Waals surface area contributed by atoms with Crippen molar-refractivity contribution >= 4 is 0 Å². The van der Waals surface area contributed by atoms with Gasteiger partial charge >= 0.3 is 0 Å². The Morgan fingerprint density at radius 1 is 1.21 bits per heavy atom. The Balaban J connectivity index is 2.22. The summed E-state index contributed by atoms with van der Waals surface area (Å²) in [6.07, 6.45) is 4.07. The average Bonchev–Trinajstić information content (AvgIpc) is 2.42. The molecule has 100 valence electrons. The molecule has 1 aromatic heterocycles. The minimum absolute atomic E-state index is 0.149. The lowest BCUT2D eigenvalue weighted by molar-refractivity contribution is 0.586. The quantitative estimate of drug-likeness (QED) is 0.888. The monoisotopic (exact) mass is 258 g/mol. The second kappa shape index (κ2) is 6.43. The van der Waals surface area contributed by atoms with Crippen LogP contribution in [0.2, 0.25) is 0 Å². The van der Waals surface area contributed by atoms with Crippen LogP contribution < -0.4 is 5.32 Å². The molecular weight excluding hydrogens is 239 g/mol. The highest BCUT2D eigenvalue weighted by Gasteiger charge is 2.09. The molecule has 0 aliphatic heterocycles. The number of pyridine rings is 1. The molecule has 1 aromatic carbocycles. The Bertz CT molecular complexity index is 526. The first-order valence-corrected chi connectivity index (χ1v) is 6.61. The standard InChI is InChI=1S/C16H19FN2/c1-3-19-12(2)14-4-5-16(17)15(11-14)10-13-6-8-18-9-7-13/h4-9,11-12,19H,3,10H2,1-2H3. The van der Waals surface area contributed by atoms with Gasteiger partial charge in [0, 0.05) is 24.9 Å². The molecule has 0 amide bonds. The van der Waals surface area contributed by atoms with Crippen molar-refractivity contribution in [2.24, 2.45) is 0 Å².